The minimum absolute atomic E-state index is 0.0451. The molecular weight excluding hydrogens is 424 g/mol. The largest absolute Gasteiger partial charge is 0.497 e. The summed E-state index contributed by atoms with van der Waals surface area (Å²) >= 11 is 0. The average Bonchev–Trinajstić information content (AvgIpc) is 3.18. The molecule has 1 aromatic carbocycles. The van der Waals surface area contributed by atoms with Crippen LogP contribution in [-0.2, 0) is 14.3 Å². The first-order valence-corrected chi connectivity index (χ1v) is 11.9. The van der Waals surface area contributed by atoms with Crippen molar-refractivity contribution in [1.29, 1.82) is 0 Å². The van der Waals surface area contributed by atoms with Gasteiger partial charge in [0, 0.05) is 56.4 Å². The van der Waals surface area contributed by atoms with Gasteiger partial charge in [-0.25, -0.2) is 0 Å². The number of hydrogen-bond acceptors (Lipinski definition) is 6. The number of nitrogens with zero attached hydrogens (tertiary/aromatic N) is 2. The number of carbonyl (C=O) groups is 2. The summed E-state index contributed by atoms with van der Waals surface area (Å²) in [5, 5.41) is 10.0. The number of methoxy groups -OCH3 is 1. The number of hydrogen-bond donors (Lipinski definition) is 1. The van der Waals surface area contributed by atoms with Gasteiger partial charge in [0.1, 0.15) is 23.1 Å². The van der Waals surface area contributed by atoms with E-state index in [9.17, 15) is 14.7 Å². The van der Waals surface area contributed by atoms with Crippen LogP contribution in [0.1, 0.15) is 51.7 Å². The summed E-state index contributed by atoms with van der Waals surface area (Å²) in [4.78, 5) is 28.7. The lowest BCUT2D eigenvalue weighted by Crippen LogP contribution is -2.57. The fraction of sp³-hybridized carbons (Fsp3) is 0.680. The molecule has 2 amide bonds. The zero-order chi connectivity index (χ0) is 23.5. The van der Waals surface area contributed by atoms with E-state index in [2.05, 4.69) is 13.8 Å². The van der Waals surface area contributed by atoms with Crippen molar-refractivity contribution in [2.24, 2.45) is 11.8 Å². The molecule has 0 aliphatic carbocycles. The Kier molecular flexibility index (Phi) is 5.56. The van der Waals surface area contributed by atoms with Crippen LogP contribution in [0.15, 0.2) is 18.2 Å². The second kappa shape index (κ2) is 8.17. The smallest absolute Gasteiger partial charge is 0.245 e. The van der Waals surface area contributed by atoms with Crippen LogP contribution in [-0.4, -0.2) is 77.3 Å². The predicted molar refractivity (Wildman–Crippen MR) is 120 cm³/mol. The molecule has 180 valence electrons. The number of carbonyl (C=O) groups excluding carboxylic acids is 2. The van der Waals surface area contributed by atoms with Gasteiger partial charge in [0.05, 0.1) is 25.4 Å². The number of β-amino-alcohol motifs (C(OH)–C–C–N with tert-alkyl or cyclic N) is 1. The highest BCUT2D eigenvalue weighted by atomic mass is 16.5. The van der Waals surface area contributed by atoms with Gasteiger partial charge in [0.2, 0.25) is 11.8 Å². The maximum atomic E-state index is 13.3. The Hall–Kier alpha value is -2.32. The first-order valence-electron chi connectivity index (χ1n) is 11.9. The molecule has 0 spiro atoms. The van der Waals surface area contributed by atoms with E-state index >= 15 is 0 Å². The highest BCUT2D eigenvalue weighted by molar-refractivity contribution is 5.87. The molecule has 0 bridgehead atoms. The van der Waals surface area contributed by atoms with Crippen LogP contribution in [0.3, 0.4) is 0 Å². The molecule has 1 N–H and O–H groups in total. The van der Waals surface area contributed by atoms with Gasteiger partial charge in [-0.1, -0.05) is 0 Å². The fourth-order valence-electron chi connectivity index (χ4n) is 6.22. The topological polar surface area (TPSA) is 88.5 Å². The Bertz CT molecular complexity index is 949. The fourth-order valence-corrected chi connectivity index (χ4v) is 6.22. The van der Waals surface area contributed by atoms with Gasteiger partial charge in [0.15, 0.2) is 0 Å². The Morgan fingerprint density at radius 1 is 1.21 bits per heavy atom. The molecule has 4 aliphatic heterocycles. The van der Waals surface area contributed by atoms with Gasteiger partial charge >= 0.3 is 0 Å². The van der Waals surface area contributed by atoms with Crippen molar-refractivity contribution in [3.05, 3.63) is 23.8 Å². The number of aliphatic hydroxyl groups is 1. The molecule has 3 fully saturated rings. The van der Waals surface area contributed by atoms with Gasteiger partial charge in [-0.05, 0) is 38.8 Å². The van der Waals surface area contributed by atoms with Crippen molar-refractivity contribution in [3.8, 4) is 11.5 Å². The van der Waals surface area contributed by atoms with Crippen LogP contribution in [0.5, 0.6) is 11.5 Å². The maximum Gasteiger partial charge on any atom is 0.245 e. The molecule has 0 aromatic heterocycles. The van der Waals surface area contributed by atoms with Crippen LogP contribution in [0.4, 0.5) is 0 Å². The number of piperidine rings is 1. The summed E-state index contributed by atoms with van der Waals surface area (Å²) in [6.07, 6.45) is 1.38. The minimum atomic E-state index is -0.641. The Labute approximate surface area is 194 Å². The van der Waals surface area contributed by atoms with Crippen LogP contribution < -0.4 is 9.47 Å². The average molecular weight is 459 g/mol. The molecule has 0 radical (unpaired) electrons. The Morgan fingerprint density at radius 2 is 2.00 bits per heavy atom. The molecule has 5 rings (SSSR count). The zero-order valence-electron chi connectivity index (χ0n) is 19.8. The van der Waals surface area contributed by atoms with Crippen molar-refractivity contribution in [2.45, 2.75) is 70.0 Å². The van der Waals surface area contributed by atoms with E-state index in [4.69, 9.17) is 14.2 Å². The molecule has 0 unspecified atom stereocenters. The van der Waals surface area contributed by atoms with E-state index in [1.807, 2.05) is 23.1 Å². The SMILES string of the molecule is COc1ccc2c(c1)OC(C)(C)[C@@H]1C[C@H]3CN(C(=O)[C@@H]4C[C@@H](O)CN4C(C)=O)CC[C@H]3O[C@@H]21. The molecule has 8 heteroatoms. The number of benzene rings is 1. The lowest BCUT2D eigenvalue weighted by Gasteiger charge is -2.53. The van der Waals surface area contributed by atoms with Gasteiger partial charge in [-0.3, -0.25) is 9.59 Å². The number of aliphatic hydroxyl groups excluding tert-OH is 1. The molecule has 4 heterocycles. The molecule has 6 atom stereocenters. The van der Waals surface area contributed by atoms with E-state index < -0.39 is 17.7 Å². The van der Waals surface area contributed by atoms with E-state index in [1.54, 1.807) is 7.11 Å². The summed E-state index contributed by atoms with van der Waals surface area (Å²) in [7, 11) is 1.65. The summed E-state index contributed by atoms with van der Waals surface area (Å²) < 4.78 is 18.5. The molecule has 0 saturated carbocycles. The lowest BCUT2D eigenvalue weighted by molar-refractivity contribution is -0.189. The number of fused-ring (bicyclic) bond motifs is 4. The summed E-state index contributed by atoms with van der Waals surface area (Å²) in [5.74, 6) is 1.73. The van der Waals surface area contributed by atoms with E-state index in [0.717, 1.165) is 29.9 Å². The number of ether oxygens (including phenoxy) is 3. The second-order valence-electron chi connectivity index (χ2n) is 10.5. The molecule has 1 aromatic rings. The van der Waals surface area contributed by atoms with E-state index in [0.29, 0.717) is 19.5 Å². The van der Waals surface area contributed by atoms with Gasteiger partial charge in [-0.15, -0.1) is 0 Å². The van der Waals surface area contributed by atoms with E-state index in [-0.39, 0.29) is 42.4 Å². The molecule has 33 heavy (non-hydrogen) atoms. The summed E-state index contributed by atoms with van der Waals surface area (Å²) in [5.41, 5.74) is 0.650. The van der Waals surface area contributed by atoms with Gasteiger partial charge in [-0.2, -0.15) is 0 Å². The van der Waals surface area contributed by atoms with Crippen molar-refractivity contribution in [1.82, 2.24) is 9.80 Å². The third-order valence-electron chi connectivity index (χ3n) is 7.98. The number of rotatable bonds is 2. The highest BCUT2D eigenvalue weighted by Crippen LogP contribution is 2.53. The monoisotopic (exact) mass is 458 g/mol. The molecule has 8 nitrogen and oxygen atoms in total. The Balaban J connectivity index is 1.33. The quantitative estimate of drug-likeness (QED) is 0.731. The first-order chi connectivity index (χ1) is 15.7. The predicted octanol–water partition coefficient (Wildman–Crippen LogP) is 2.14. The summed E-state index contributed by atoms with van der Waals surface area (Å²) in [6.45, 7) is 7.11. The van der Waals surface area contributed by atoms with Crippen molar-refractivity contribution in [3.63, 3.8) is 0 Å². The molecule has 3 saturated heterocycles. The zero-order valence-corrected chi connectivity index (χ0v) is 19.8. The normalized spacial score (nSPS) is 34.6. The lowest BCUT2D eigenvalue weighted by atomic mass is 9.70. The van der Waals surface area contributed by atoms with Crippen LogP contribution in [0, 0.1) is 11.8 Å². The van der Waals surface area contributed by atoms with E-state index in [1.165, 1.54) is 11.8 Å². The first kappa shape index (κ1) is 22.5. The summed E-state index contributed by atoms with van der Waals surface area (Å²) in [6, 6.07) is 5.36. The molecule has 4 aliphatic rings. The highest BCUT2D eigenvalue weighted by Gasteiger charge is 2.52. The van der Waals surface area contributed by atoms with Crippen molar-refractivity contribution in [2.75, 3.05) is 26.7 Å². The maximum absolute atomic E-state index is 13.3. The standard InChI is InChI=1S/C25H34N2O6/c1-14(28)27-13-16(29)10-20(27)24(30)26-8-7-21-15(12-26)9-19-23(32-21)18-6-5-17(31-4)11-22(18)33-25(19,2)3/h5-6,11,15-16,19-21,23,29H,7-10,12-13H2,1-4H3/t15-,16+,19+,20-,21+,23-/m0/s1. The second-order valence-corrected chi connectivity index (χ2v) is 10.5. The third-order valence-corrected chi connectivity index (χ3v) is 7.98. The minimum Gasteiger partial charge on any atom is -0.497 e. The van der Waals surface area contributed by atoms with Crippen molar-refractivity contribution < 1.29 is 28.9 Å². The number of amides is 2. The van der Waals surface area contributed by atoms with Gasteiger partial charge < -0.3 is 29.1 Å². The molecular formula is C25H34N2O6. The number of likely N-dealkylation sites (tertiary alicyclic amines) is 2. The van der Waals surface area contributed by atoms with Crippen molar-refractivity contribution >= 4 is 11.8 Å². The third kappa shape index (κ3) is 3.87. The van der Waals surface area contributed by atoms with Crippen LogP contribution >= 0.6 is 0 Å². The Morgan fingerprint density at radius 3 is 2.73 bits per heavy atom. The van der Waals surface area contributed by atoms with Gasteiger partial charge in [0.25, 0.3) is 0 Å². The van der Waals surface area contributed by atoms with Crippen LogP contribution in [0.2, 0.25) is 0 Å². The van der Waals surface area contributed by atoms with Crippen LogP contribution in [0.25, 0.3) is 0 Å².